The van der Waals surface area contributed by atoms with E-state index in [-0.39, 0.29) is 5.82 Å². The fourth-order valence-corrected chi connectivity index (χ4v) is 2.72. The standard InChI is InChI=1S/C15H13BrFN3/c16-14-10(3-1-5-13(14)17)8-20-9-11(7-18)12-4-2-6-19-15(12)20/h1-6,9H,7-8,18H2. The highest BCUT2D eigenvalue weighted by Gasteiger charge is 2.11. The van der Waals surface area contributed by atoms with E-state index < -0.39 is 0 Å². The lowest BCUT2D eigenvalue weighted by atomic mass is 10.2. The molecule has 0 fully saturated rings. The third-order valence-electron chi connectivity index (χ3n) is 3.31. The minimum atomic E-state index is -0.258. The van der Waals surface area contributed by atoms with Crippen LogP contribution in [0.5, 0.6) is 0 Å². The first-order valence-corrected chi connectivity index (χ1v) is 7.05. The van der Waals surface area contributed by atoms with E-state index >= 15 is 0 Å². The fraction of sp³-hybridized carbons (Fsp3) is 0.133. The van der Waals surface area contributed by atoms with Crippen LogP contribution in [-0.4, -0.2) is 9.55 Å². The highest BCUT2D eigenvalue weighted by molar-refractivity contribution is 9.10. The van der Waals surface area contributed by atoms with E-state index in [1.54, 1.807) is 12.3 Å². The van der Waals surface area contributed by atoms with Crippen molar-refractivity contribution < 1.29 is 4.39 Å². The molecule has 2 aromatic heterocycles. The van der Waals surface area contributed by atoms with Gasteiger partial charge in [0.15, 0.2) is 0 Å². The first kappa shape index (κ1) is 13.3. The van der Waals surface area contributed by atoms with Gasteiger partial charge in [-0.3, -0.25) is 0 Å². The van der Waals surface area contributed by atoms with Crippen LogP contribution in [0.4, 0.5) is 4.39 Å². The maximum Gasteiger partial charge on any atom is 0.140 e. The molecule has 0 bridgehead atoms. The van der Waals surface area contributed by atoms with Crippen LogP contribution in [0.25, 0.3) is 11.0 Å². The molecule has 0 aliphatic heterocycles. The quantitative estimate of drug-likeness (QED) is 0.797. The predicted molar refractivity (Wildman–Crippen MR) is 80.8 cm³/mol. The number of hydrogen-bond acceptors (Lipinski definition) is 2. The van der Waals surface area contributed by atoms with Crippen LogP contribution in [0.1, 0.15) is 11.1 Å². The molecule has 0 aliphatic carbocycles. The molecule has 3 aromatic rings. The van der Waals surface area contributed by atoms with Gasteiger partial charge in [-0.15, -0.1) is 0 Å². The Hall–Kier alpha value is -1.72. The number of nitrogens with two attached hydrogens (primary N) is 1. The highest BCUT2D eigenvalue weighted by atomic mass is 79.9. The summed E-state index contributed by atoms with van der Waals surface area (Å²) in [5, 5.41) is 1.04. The van der Waals surface area contributed by atoms with Crippen LogP contribution in [0.3, 0.4) is 0 Å². The number of benzene rings is 1. The molecule has 1 aromatic carbocycles. The number of rotatable bonds is 3. The van der Waals surface area contributed by atoms with Gasteiger partial charge in [0.05, 0.1) is 11.0 Å². The number of pyridine rings is 1. The number of aromatic nitrogens is 2. The Morgan fingerprint density at radius 3 is 2.85 bits per heavy atom. The minimum Gasteiger partial charge on any atom is -0.328 e. The van der Waals surface area contributed by atoms with Gasteiger partial charge in [-0.05, 0) is 45.3 Å². The van der Waals surface area contributed by atoms with Gasteiger partial charge >= 0.3 is 0 Å². The van der Waals surface area contributed by atoms with Gasteiger partial charge in [-0.2, -0.15) is 0 Å². The van der Waals surface area contributed by atoms with Gasteiger partial charge in [-0.1, -0.05) is 12.1 Å². The molecule has 102 valence electrons. The van der Waals surface area contributed by atoms with Crippen LogP contribution in [-0.2, 0) is 13.1 Å². The summed E-state index contributed by atoms with van der Waals surface area (Å²) < 4.78 is 16.1. The van der Waals surface area contributed by atoms with Crippen molar-refractivity contribution in [2.45, 2.75) is 13.1 Å². The lowest BCUT2D eigenvalue weighted by Gasteiger charge is -2.07. The first-order valence-electron chi connectivity index (χ1n) is 6.26. The summed E-state index contributed by atoms with van der Waals surface area (Å²) >= 11 is 3.29. The average Bonchev–Trinajstić information content (AvgIpc) is 2.82. The maximum atomic E-state index is 13.6. The molecule has 0 radical (unpaired) electrons. The molecule has 0 saturated carbocycles. The third kappa shape index (κ3) is 2.23. The summed E-state index contributed by atoms with van der Waals surface area (Å²) in [6.07, 6.45) is 3.73. The van der Waals surface area contributed by atoms with Crippen molar-refractivity contribution in [1.82, 2.24) is 9.55 Å². The molecule has 5 heteroatoms. The van der Waals surface area contributed by atoms with Crippen LogP contribution < -0.4 is 5.73 Å². The summed E-state index contributed by atoms with van der Waals surface area (Å²) in [5.74, 6) is -0.258. The SMILES string of the molecule is NCc1cn(Cc2cccc(F)c2Br)c2ncccc12. The van der Waals surface area contributed by atoms with Crippen molar-refractivity contribution >= 4 is 27.0 Å². The largest absolute Gasteiger partial charge is 0.328 e. The molecule has 20 heavy (non-hydrogen) atoms. The summed E-state index contributed by atoms with van der Waals surface area (Å²) in [6.45, 7) is 1.01. The topological polar surface area (TPSA) is 43.8 Å². The van der Waals surface area contributed by atoms with E-state index in [0.29, 0.717) is 17.6 Å². The van der Waals surface area contributed by atoms with E-state index in [2.05, 4.69) is 20.9 Å². The zero-order chi connectivity index (χ0) is 14.1. The molecule has 0 saturated heterocycles. The van der Waals surface area contributed by atoms with Crippen molar-refractivity contribution in [2.75, 3.05) is 0 Å². The number of hydrogen-bond donors (Lipinski definition) is 1. The summed E-state index contributed by atoms with van der Waals surface area (Å²) in [6, 6.07) is 8.93. The van der Waals surface area contributed by atoms with Gasteiger partial charge in [0.25, 0.3) is 0 Å². The van der Waals surface area contributed by atoms with Gasteiger partial charge in [0.2, 0.25) is 0 Å². The molecule has 2 N–H and O–H groups in total. The van der Waals surface area contributed by atoms with Crippen LogP contribution in [0, 0.1) is 5.82 Å². The highest BCUT2D eigenvalue weighted by Crippen LogP contribution is 2.24. The first-order chi connectivity index (χ1) is 9.70. The van der Waals surface area contributed by atoms with Crippen molar-refractivity contribution in [1.29, 1.82) is 0 Å². The Kier molecular flexibility index (Phi) is 3.54. The molecule has 3 rings (SSSR count). The van der Waals surface area contributed by atoms with Crippen molar-refractivity contribution in [3.05, 3.63) is 64.1 Å². The van der Waals surface area contributed by atoms with Crippen molar-refractivity contribution in [3.8, 4) is 0 Å². The zero-order valence-corrected chi connectivity index (χ0v) is 12.3. The second kappa shape index (κ2) is 5.34. The lowest BCUT2D eigenvalue weighted by molar-refractivity contribution is 0.616. The molecule has 0 atom stereocenters. The monoisotopic (exact) mass is 333 g/mol. The molecule has 3 nitrogen and oxygen atoms in total. The molecule has 0 unspecified atom stereocenters. The van der Waals surface area contributed by atoms with E-state index in [4.69, 9.17) is 5.73 Å². The molecule has 0 amide bonds. The Morgan fingerprint density at radius 2 is 2.05 bits per heavy atom. The lowest BCUT2D eigenvalue weighted by Crippen LogP contribution is -2.01. The molecule has 0 aliphatic rings. The second-order valence-corrected chi connectivity index (χ2v) is 5.37. The number of fused-ring (bicyclic) bond motifs is 1. The van der Waals surface area contributed by atoms with E-state index in [0.717, 1.165) is 22.2 Å². The fourth-order valence-electron chi connectivity index (χ4n) is 2.33. The minimum absolute atomic E-state index is 0.258. The van der Waals surface area contributed by atoms with Gasteiger partial charge in [0.1, 0.15) is 11.5 Å². The second-order valence-electron chi connectivity index (χ2n) is 4.57. The third-order valence-corrected chi connectivity index (χ3v) is 4.20. The van der Waals surface area contributed by atoms with Crippen molar-refractivity contribution in [3.63, 3.8) is 0 Å². The number of nitrogens with zero attached hydrogens (tertiary/aromatic N) is 2. The Bertz CT molecular complexity index is 767. The number of halogens is 2. The van der Waals surface area contributed by atoms with Crippen LogP contribution in [0.2, 0.25) is 0 Å². The van der Waals surface area contributed by atoms with Crippen molar-refractivity contribution in [2.24, 2.45) is 5.73 Å². The summed E-state index contributed by atoms with van der Waals surface area (Å²) in [7, 11) is 0. The van der Waals surface area contributed by atoms with Gasteiger partial charge < -0.3 is 10.3 Å². The van der Waals surface area contributed by atoms with E-state index in [9.17, 15) is 4.39 Å². The molecular weight excluding hydrogens is 321 g/mol. The average molecular weight is 334 g/mol. The normalized spacial score (nSPS) is 11.2. The van der Waals surface area contributed by atoms with Crippen LogP contribution >= 0.6 is 15.9 Å². The Balaban J connectivity index is 2.09. The van der Waals surface area contributed by atoms with Gasteiger partial charge in [0, 0.05) is 24.3 Å². The maximum absolute atomic E-state index is 13.6. The van der Waals surface area contributed by atoms with E-state index in [1.807, 2.05) is 29.0 Å². The Morgan fingerprint density at radius 1 is 1.20 bits per heavy atom. The zero-order valence-electron chi connectivity index (χ0n) is 10.7. The van der Waals surface area contributed by atoms with E-state index in [1.165, 1.54) is 6.07 Å². The molecule has 2 heterocycles. The molecular formula is C15H13BrFN3. The predicted octanol–water partition coefficient (Wildman–Crippen LogP) is 3.44. The summed E-state index contributed by atoms with van der Waals surface area (Å²) in [4.78, 5) is 4.40. The Labute approximate surface area is 124 Å². The van der Waals surface area contributed by atoms with Gasteiger partial charge in [-0.25, -0.2) is 9.37 Å². The van der Waals surface area contributed by atoms with Crippen LogP contribution in [0.15, 0.2) is 47.2 Å². The molecule has 0 spiro atoms. The smallest absolute Gasteiger partial charge is 0.140 e. The summed E-state index contributed by atoms with van der Waals surface area (Å²) in [5.41, 5.74) is 8.54.